The van der Waals surface area contributed by atoms with Crippen molar-refractivity contribution in [2.45, 2.75) is 13.0 Å². The summed E-state index contributed by atoms with van der Waals surface area (Å²) >= 11 is 3.28. The van der Waals surface area contributed by atoms with Crippen LogP contribution in [-0.2, 0) is 14.3 Å². The van der Waals surface area contributed by atoms with Gasteiger partial charge in [-0.2, -0.15) is 0 Å². The Bertz CT molecular complexity index is 510. The number of hydrogen-bond acceptors (Lipinski definition) is 4. The third-order valence-electron chi connectivity index (χ3n) is 2.21. The van der Waals surface area contributed by atoms with E-state index in [9.17, 15) is 9.59 Å². The molecule has 1 aromatic carbocycles. The van der Waals surface area contributed by atoms with Crippen molar-refractivity contribution in [2.24, 2.45) is 0 Å². The molecule has 1 N–H and O–H groups in total. The van der Waals surface area contributed by atoms with Gasteiger partial charge >= 0.3 is 11.9 Å². The number of carboxylic acids is 1. The quantitative estimate of drug-likeness (QED) is 0.664. The Kier molecular flexibility index (Phi) is 5.57. The van der Waals surface area contributed by atoms with Crippen LogP contribution >= 0.6 is 15.9 Å². The molecular weight excluding hydrogens is 316 g/mol. The van der Waals surface area contributed by atoms with Crippen LogP contribution in [0.1, 0.15) is 12.5 Å². The maximum atomic E-state index is 11.3. The van der Waals surface area contributed by atoms with Gasteiger partial charge in [0, 0.05) is 16.1 Å². The molecule has 0 aliphatic rings. The van der Waals surface area contributed by atoms with Crippen molar-refractivity contribution in [1.82, 2.24) is 0 Å². The number of carbonyl (C=O) groups is 2. The number of carbonyl (C=O) groups excluding carboxylic acids is 1. The highest BCUT2D eigenvalue weighted by atomic mass is 79.9. The number of carboxylic acid groups (broad SMARTS) is 1. The van der Waals surface area contributed by atoms with Gasteiger partial charge in [-0.25, -0.2) is 9.59 Å². The van der Waals surface area contributed by atoms with Gasteiger partial charge in [0.05, 0.1) is 7.11 Å². The lowest BCUT2D eigenvalue weighted by molar-refractivity contribution is -0.147. The van der Waals surface area contributed by atoms with E-state index in [1.807, 2.05) is 0 Å². The van der Waals surface area contributed by atoms with Crippen LogP contribution in [0.4, 0.5) is 0 Å². The highest BCUT2D eigenvalue weighted by Crippen LogP contribution is 2.25. The number of ether oxygens (including phenoxy) is 2. The second kappa shape index (κ2) is 6.94. The van der Waals surface area contributed by atoms with Crippen molar-refractivity contribution in [3.05, 3.63) is 34.3 Å². The molecule has 0 bridgehead atoms. The fraction of sp³-hybridized carbons (Fsp3) is 0.231. The van der Waals surface area contributed by atoms with Crippen molar-refractivity contribution in [3.63, 3.8) is 0 Å². The van der Waals surface area contributed by atoms with E-state index in [0.717, 1.165) is 10.5 Å². The summed E-state index contributed by atoms with van der Waals surface area (Å²) in [5.41, 5.74) is 0.549. The maximum Gasteiger partial charge on any atom is 0.346 e. The zero-order chi connectivity index (χ0) is 14.4. The van der Waals surface area contributed by atoms with Gasteiger partial charge < -0.3 is 14.6 Å². The highest BCUT2D eigenvalue weighted by molar-refractivity contribution is 9.10. The molecule has 0 aromatic heterocycles. The summed E-state index contributed by atoms with van der Waals surface area (Å²) in [6.07, 6.45) is 1.62. The Morgan fingerprint density at radius 1 is 1.42 bits per heavy atom. The Hall–Kier alpha value is -1.82. The molecule has 0 heterocycles. The Morgan fingerprint density at radius 3 is 2.68 bits per heavy atom. The first-order valence-corrected chi connectivity index (χ1v) is 6.18. The van der Waals surface area contributed by atoms with Crippen molar-refractivity contribution in [2.75, 3.05) is 7.11 Å². The third kappa shape index (κ3) is 4.75. The van der Waals surface area contributed by atoms with Gasteiger partial charge in [-0.15, -0.1) is 0 Å². The molecule has 19 heavy (non-hydrogen) atoms. The lowest BCUT2D eigenvalue weighted by Crippen LogP contribution is -2.25. The normalized spacial score (nSPS) is 12.2. The number of aliphatic carboxylic acids is 1. The molecule has 0 radical (unpaired) electrons. The molecule has 5 nitrogen and oxygen atoms in total. The number of rotatable bonds is 5. The van der Waals surface area contributed by atoms with Crippen LogP contribution in [0.15, 0.2) is 28.7 Å². The van der Waals surface area contributed by atoms with Gasteiger partial charge in [-0.3, -0.25) is 0 Å². The van der Waals surface area contributed by atoms with E-state index >= 15 is 0 Å². The lowest BCUT2D eigenvalue weighted by atomic mass is 10.2. The van der Waals surface area contributed by atoms with Crippen LogP contribution < -0.4 is 4.74 Å². The number of methoxy groups -OCH3 is 1. The smallest absolute Gasteiger partial charge is 0.346 e. The van der Waals surface area contributed by atoms with Gasteiger partial charge in [0.2, 0.25) is 0 Å². The largest absolute Gasteiger partial charge is 0.478 e. The Labute approximate surface area is 119 Å². The minimum absolute atomic E-state index is 0.401. The van der Waals surface area contributed by atoms with Crippen LogP contribution in [-0.4, -0.2) is 30.3 Å². The Balaban J connectivity index is 2.99. The number of hydrogen-bond donors (Lipinski definition) is 1. The molecule has 0 spiro atoms. The SMILES string of the molecule is COC(=O)C(C)Oc1ccc(Br)cc1/C=C/C(=O)O. The number of halogens is 1. The second-order valence-corrected chi connectivity index (χ2v) is 4.55. The van der Waals surface area contributed by atoms with E-state index in [1.165, 1.54) is 13.2 Å². The van der Waals surface area contributed by atoms with E-state index in [4.69, 9.17) is 9.84 Å². The van der Waals surface area contributed by atoms with E-state index in [1.54, 1.807) is 25.1 Å². The summed E-state index contributed by atoms with van der Waals surface area (Å²) in [5.74, 6) is -1.17. The summed E-state index contributed by atoms with van der Waals surface area (Å²) in [7, 11) is 1.27. The molecule has 0 fully saturated rings. The summed E-state index contributed by atoms with van der Waals surface area (Å²) in [4.78, 5) is 21.8. The van der Waals surface area contributed by atoms with Crippen LogP contribution in [0, 0.1) is 0 Å². The van der Waals surface area contributed by atoms with E-state index < -0.39 is 18.0 Å². The van der Waals surface area contributed by atoms with Crippen LogP contribution in [0.5, 0.6) is 5.75 Å². The molecular formula is C13H13BrO5. The first-order valence-electron chi connectivity index (χ1n) is 5.39. The van der Waals surface area contributed by atoms with Gasteiger partial charge in [0.15, 0.2) is 6.10 Å². The van der Waals surface area contributed by atoms with Crippen LogP contribution in [0.25, 0.3) is 6.08 Å². The first-order chi connectivity index (χ1) is 8.93. The van der Waals surface area contributed by atoms with Gasteiger partial charge in [-0.1, -0.05) is 15.9 Å². The zero-order valence-corrected chi connectivity index (χ0v) is 12.0. The van der Waals surface area contributed by atoms with E-state index in [-0.39, 0.29) is 0 Å². The number of esters is 1. The fourth-order valence-electron chi connectivity index (χ4n) is 1.32. The molecule has 0 saturated heterocycles. The molecule has 1 unspecified atom stereocenters. The molecule has 0 aliphatic heterocycles. The lowest BCUT2D eigenvalue weighted by Gasteiger charge is -2.14. The molecule has 1 aromatic rings. The summed E-state index contributed by atoms with van der Waals surface area (Å²) in [6, 6.07) is 5.07. The fourth-order valence-corrected chi connectivity index (χ4v) is 1.70. The van der Waals surface area contributed by atoms with Gasteiger partial charge in [0.1, 0.15) is 5.75 Å². The molecule has 1 rings (SSSR count). The van der Waals surface area contributed by atoms with Crippen molar-refractivity contribution >= 4 is 33.9 Å². The third-order valence-corrected chi connectivity index (χ3v) is 2.71. The average molecular weight is 329 g/mol. The molecule has 6 heteroatoms. The summed E-state index contributed by atoms with van der Waals surface area (Å²) < 4.78 is 10.8. The van der Waals surface area contributed by atoms with Crippen molar-refractivity contribution < 1.29 is 24.2 Å². The standard InChI is InChI=1S/C13H13BrO5/c1-8(13(17)18-2)19-11-5-4-10(14)7-9(11)3-6-12(15)16/h3-8H,1-2H3,(H,15,16)/b6-3+. The second-order valence-electron chi connectivity index (χ2n) is 3.64. The molecule has 0 saturated carbocycles. The van der Waals surface area contributed by atoms with E-state index in [2.05, 4.69) is 20.7 Å². The van der Waals surface area contributed by atoms with Gasteiger partial charge in [0.25, 0.3) is 0 Å². The molecule has 0 aliphatic carbocycles. The average Bonchev–Trinajstić information content (AvgIpc) is 2.37. The summed E-state index contributed by atoms with van der Waals surface area (Å²) in [5, 5.41) is 8.63. The van der Waals surface area contributed by atoms with E-state index in [0.29, 0.717) is 11.3 Å². The minimum Gasteiger partial charge on any atom is -0.478 e. The molecule has 1 atom stereocenters. The predicted molar refractivity (Wildman–Crippen MR) is 72.9 cm³/mol. The number of benzene rings is 1. The predicted octanol–water partition coefficient (Wildman–Crippen LogP) is 2.49. The summed E-state index contributed by atoms with van der Waals surface area (Å²) in [6.45, 7) is 1.55. The van der Waals surface area contributed by atoms with Crippen LogP contribution in [0.2, 0.25) is 0 Å². The van der Waals surface area contributed by atoms with Crippen molar-refractivity contribution in [1.29, 1.82) is 0 Å². The van der Waals surface area contributed by atoms with Crippen molar-refractivity contribution in [3.8, 4) is 5.75 Å². The topological polar surface area (TPSA) is 72.8 Å². The zero-order valence-electron chi connectivity index (χ0n) is 10.4. The minimum atomic E-state index is -1.06. The molecule has 102 valence electrons. The van der Waals surface area contributed by atoms with Gasteiger partial charge in [-0.05, 0) is 31.2 Å². The maximum absolute atomic E-state index is 11.3. The first kappa shape index (κ1) is 15.2. The monoisotopic (exact) mass is 328 g/mol. The Morgan fingerprint density at radius 2 is 2.11 bits per heavy atom. The molecule has 0 amide bonds. The van der Waals surface area contributed by atoms with Crippen LogP contribution in [0.3, 0.4) is 0 Å². The highest BCUT2D eigenvalue weighted by Gasteiger charge is 2.16.